The fourth-order valence-electron chi connectivity index (χ4n) is 4.83. The van der Waals surface area contributed by atoms with E-state index < -0.39 is 5.41 Å². The van der Waals surface area contributed by atoms with Crippen molar-refractivity contribution in [3.8, 4) is 0 Å². The zero-order chi connectivity index (χ0) is 17.7. The summed E-state index contributed by atoms with van der Waals surface area (Å²) in [5.74, 6) is -0.694. The Bertz CT molecular complexity index is 847. The number of hydrogen-bond acceptors (Lipinski definition) is 4. The lowest BCUT2D eigenvalue weighted by molar-refractivity contribution is -0.148. The van der Waals surface area contributed by atoms with Gasteiger partial charge in [0.2, 0.25) is 0 Å². The maximum absolute atomic E-state index is 13.0. The molecule has 1 spiro atoms. The average molecular weight is 338 g/mol. The van der Waals surface area contributed by atoms with Gasteiger partial charge in [-0.25, -0.2) is 0 Å². The number of ether oxygens (including phenoxy) is 2. The van der Waals surface area contributed by atoms with Gasteiger partial charge in [0.05, 0.1) is 25.6 Å². The van der Waals surface area contributed by atoms with E-state index in [4.69, 9.17) is 9.47 Å². The highest BCUT2D eigenvalue weighted by Gasteiger charge is 2.66. The predicted octanol–water partition coefficient (Wildman–Crippen LogP) is 3.61. The van der Waals surface area contributed by atoms with Crippen molar-refractivity contribution < 1.29 is 19.1 Å². The summed E-state index contributed by atoms with van der Waals surface area (Å²) in [7, 11) is 2.86. The van der Waals surface area contributed by atoms with Crippen molar-refractivity contribution in [2.75, 3.05) is 14.2 Å². The summed E-state index contributed by atoms with van der Waals surface area (Å²) in [6.07, 6.45) is 3.05. The van der Waals surface area contributed by atoms with Crippen LogP contribution in [0.2, 0.25) is 0 Å². The molecule has 2 aromatic rings. The number of rotatable bonds is 3. The lowest BCUT2D eigenvalue weighted by atomic mass is 9.75. The molecule has 2 saturated carbocycles. The highest BCUT2D eigenvalue weighted by Crippen LogP contribution is 2.67. The third-order valence-corrected chi connectivity index (χ3v) is 6.20. The molecule has 4 heteroatoms. The molecule has 0 N–H and O–H groups in total. The molecule has 0 unspecified atom stereocenters. The minimum atomic E-state index is -0.787. The Labute approximate surface area is 147 Å². The van der Waals surface area contributed by atoms with Crippen LogP contribution in [0.3, 0.4) is 0 Å². The first kappa shape index (κ1) is 16.1. The monoisotopic (exact) mass is 338 g/mol. The molecular formula is C21H22O4. The molecule has 130 valence electrons. The van der Waals surface area contributed by atoms with Gasteiger partial charge in [0, 0.05) is 0 Å². The zero-order valence-corrected chi connectivity index (χ0v) is 14.6. The quantitative estimate of drug-likeness (QED) is 0.802. The average Bonchev–Trinajstić information content (AvgIpc) is 3.34. The molecule has 2 aliphatic carbocycles. The van der Waals surface area contributed by atoms with Crippen LogP contribution in [-0.2, 0) is 24.5 Å². The number of benzene rings is 2. The second-order valence-electron chi connectivity index (χ2n) is 7.42. The van der Waals surface area contributed by atoms with E-state index >= 15 is 0 Å². The molecule has 2 aliphatic rings. The van der Waals surface area contributed by atoms with Gasteiger partial charge in [-0.2, -0.15) is 0 Å². The second kappa shape index (κ2) is 5.58. The van der Waals surface area contributed by atoms with Gasteiger partial charge in [0.1, 0.15) is 0 Å². The van der Waals surface area contributed by atoms with Gasteiger partial charge in [0.15, 0.2) is 0 Å². The van der Waals surface area contributed by atoms with Crippen molar-refractivity contribution >= 4 is 22.7 Å². The van der Waals surface area contributed by atoms with Crippen LogP contribution in [0.15, 0.2) is 42.5 Å². The number of methoxy groups -OCH3 is 2. The Hall–Kier alpha value is -2.36. The van der Waals surface area contributed by atoms with E-state index in [0.29, 0.717) is 12.8 Å². The van der Waals surface area contributed by atoms with Crippen LogP contribution in [0.5, 0.6) is 0 Å². The lowest BCUT2D eigenvalue weighted by Crippen LogP contribution is -2.35. The third-order valence-electron chi connectivity index (χ3n) is 6.20. The molecule has 0 saturated heterocycles. The summed E-state index contributed by atoms with van der Waals surface area (Å²) >= 11 is 0. The van der Waals surface area contributed by atoms with Gasteiger partial charge in [-0.15, -0.1) is 0 Å². The van der Waals surface area contributed by atoms with Gasteiger partial charge in [-0.1, -0.05) is 42.5 Å². The van der Waals surface area contributed by atoms with Gasteiger partial charge < -0.3 is 9.47 Å². The maximum Gasteiger partial charge on any atom is 0.316 e. The number of fused-ring (bicyclic) bond motifs is 1. The molecule has 0 heterocycles. The first-order valence-electron chi connectivity index (χ1n) is 8.71. The first-order valence-corrected chi connectivity index (χ1v) is 8.71. The summed E-state index contributed by atoms with van der Waals surface area (Å²) in [6.45, 7) is 0. The number of esters is 2. The topological polar surface area (TPSA) is 52.6 Å². The van der Waals surface area contributed by atoms with E-state index in [9.17, 15) is 9.59 Å². The molecule has 0 aromatic heterocycles. The van der Waals surface area contributed by atoms with Crippen molar-refractivity contribution in [2.24, 2.45) is 11.3 Å². The van der Waals surface area contributed by atoms with E-state index in [0.717, 1.165) is 29.2 Å². The summed E-state index contributed by atoms with van der Waals surface area (Å²) in [5.41, 5.74) is 0.0681. The largest absolute Gasteiger partial charge is 0.469 e. The molecule has 0 radical (unpaired) electrons. The van der Waals surface area contributed by atoms with E-state index in [1.807, 2.05) is 42.5 Å². The SMILES string of the molecule is COC(=O)[C@H]1C[C@@](C(=O)OC)(c2cccc3ccccc23)CC12CC2. The molecule has 0 bridgehead atoms. The van der Waals surface area contributed by atoms with Crippen molar-refractivity contribution in [2.45, 2.75) is 31.1 Å². The first-order chi connectivity index (χ1) is 12.1. The van der Waals surface area contributed by atoms with E-state index in [1.54, 1.807) is 0 Å². The Balaban J connectivity index is 1.90. The number of carbonyl (C=O) groups is 2. The molecule has 2 aromatic carbocycles. The third kappa shape index (κ3) is 2.27. The van der Waals surface area contributed by atoms with Crippen LogP contribution < -0.4 is 0 Å². The highest BCUT2D eigenvalue weighted by atomic mass is 16.5. The van der Waals surface area contributed by atoms with Crippen molar-refractivity contribution in [1.29, 1.82) is 0 Å². The zero-order valence-electron chi connectivity index (χ0n) is 14.6. The van der Waals surface area contributed by atoms with Crippen molar-refractivity contribution in [3.05, 3.63) is 48.0 Å². The Morgan fingerprint density at radius 1 is 1.00 bits per heavy atom. The summed E-state index contributed by atoms with van der Waals surface area (Å²) in [6, 6.07) is 14.1. The normalized spacial score (nSPS) is 26.6. The van der Waals surface area contributed by atoms with Crippen LogP contribution in [-0.4, -0.2) is 26.2 Å². The smallest absolute Gasteiger partial charge is 0.316 e. The van der Waals surface area contributed by atoms with Crippen LogP contribution in [0.25, 0.3) is 10.8 Å². The molecule has 0 aliphatic heterocycles. The molecular weight excluding hydrogens is 316 g/mol. The summed E-state index contributed by atoms with van der Waals surface area (Å²) < 4.78 is 10.3. The van der Waals surface area contributed by atoms with Crippen molar-refractivity contribution in [3.63, 3.8) is 0 Å². The van der Waals surface area contributed by atoms with E-state index in [2.05, 4.69) is 0 Å². The molecule has 4 nitrogen and oxygen atoms in total. The molecule has 0 amide bonds. The van der Waals surface area contributed by atoms with Gasteiger partial charge in [-0.3, -0.25) is 9.59 Å². The fraction of sp³-hybridized carbons (Fsp3) is 0.429. The van der Waals surface area contributed by atoms with Crippen molar-refractivity contribution in [1.82, 2.24) is 0 Å². The van der Waals surface area contributed by atoms with Gasteiger partial charge in [0.25, 0.3) is 0 Å². The molecule has 2 atom stereocenters. The molecule has 4 rings (SSSR count). The molecule has 2 fully saturated rings. The Morgan fingerprint density at radius 2 is 1.72 bits per heavy atom. The van der Waals surface area contributed by atoms with Crippen LogP contribution >= 0.6 is 0 Å². The van der Waals surface area contributed by atoms with Gasteiger partial charge in [-0.05, 0) is 47.4 Å². The fourth-order valence-corrected chi connectivity index (χ4v) is 4.83. The van der Waals surface area contributed by atoms with Crippen LogP contribution in [0.4, 0.5) is 0 Å². The number of hydrogen-bond donors (Lipinski definition) is 0. The summed E-state index contributed by atoms with van der Waals surface area (Å²) in [5, 5.41) is 2.14. The minimum Gasteiger partial charge on any atom is -0.469 e. The highest BCUT2D eigenvalue weighted by molar-refractivity contribution is 5.95. The number of carbonyl (C=O) groups excluding carboxylic acids is 2. The van der Waals surface area contributed by atoms with Gasteiger partial charge >= 0.3 is 11.9 Å². The standard InChI is InChI=1S/C21H22O4/c1-24-18(22)17-12-21(19(23)25-2,13-20(17)10-11-20)16-9-5-7-14-6-3-4-8-15(14)16/h3-9,17H,10-13H2,1-2H3/t17-,21+/m1/s1. The Kier molecular flexibility index (Phi) is 3.60. The molecule has 25 heavy (non-hydrogen) atoms. The van der Waals surface area contributed by atoms with E-state index in [-0.39, 0.29) is 23.3 Å². The lowest BCUT2D eigenvalue weighted by Gasteiger charge is -2.28. The summed E-state index contributed by atoms with van der Waals surface area (Å²) in [4.78, 5) is 25.4. The van der Waals surface area contributed by atoms with E-state index in [1.165, 1.54) is 14.2 Å². The predicted molar refractivity (Wildman–Crippen MR) is 94.0 cm³/mol. The Morgan fingerprint density at radius 3 is 2.40 bits per heavy atom. The van der Waals surface area contributed by atoms with Crippen LogP contribution in [0, 0.1) is 11.3 Å². The maximum atomic E-state index is 13.0. The second-order valence-corrected chi connectivity index (χ2v) is 7.42. The minimum absolute atomic E-state index is 0.113. The van der Waals surface area contributed by atoms with Crippen LogP contribution in [0.1, 0.15) is 31.2 Å².